The zero-order valence-electron chi connectivity index (χ0n) is 9.59. The van der Waals surface area contributed by atoms with Gasteiger partial charge in [-0.2, -0.15) is 0 Å². The van der Waals surface area contributed by atoms with Crippen molar-refractivity contribution in [2.45, 2.75) is 6.92 Å². The number of phenols is 2. The summed E-state index contributed by atoms with van der Waals surface area (Å²) < 4.78 is 0. The molecule has 0 atom stereocenters. The molecule has 2 aromatic rings. The van der Waals surface area contributed by atoms with Crippen LogP contribution < -0.4 is 0 Å². The van der Waals surface area contributed by atoms with Crippen molar-refractivity contribution in [2.24, 2.45) is 0 Å². The Hall–Kier alpha value is -2.22. The van der Waals surface area contributed by atoms with Crippen LogP contribution in [0.25, 0.3) is 11.6 Å². The van der Waals surface area contributed by atoms with E-state index in [0.29, 0.717) is 0 Å². The molecule has 0 aliphatic heterocycles. The van der Waals surface area contributed by atoms with E-state index >= 15 is 0 Å². The van der Waals surface area contributed by atoms with Gasteiger partial charge in [0.15, 0.2) is 0 Å². The maximum atomic E-state index is 9.72. The molecule has 0 spiro atoms. The minimum absolute atomic E-state index is 0.252. The Bertz CT molecular complexity index is 539. The number of allylic oxidation sites excluding steroid dienone is 1. The van der Waals surface area contributed by atoms with Crippen LogP contribution in [-0.4, -0.2) is 10.2 Å². The Labute approximate surface area is 100 Å². The van der Waals surface area contributed by atoms with Crippen LogP contribution in [-0.2, 0) is 0 Å². The maximum absolute atomic E-state index is 9.72. The summed E-state index contributed by atoms with van der Waals surface area (Å²) in [6.07, 6.45) is 1.97. The molecule has 0 amide bonds. The topological polar surface area (TPSA) is 40.5 Å². The van der Waals surface area contributed by atoms with Gasteiger partial charge in [0.1, 0.15) is 11.5 Å². The molecule has 2 nitrogen and oxygen atoms in total. The maximum Gasteiger partial charge on any atom is 0.123 e. The molecule has 2 rings (SSSR count). The second-order valence-electron chi connectivity index (χ2n) is 3.94. The van der Waals surface area contributed by atoms with Gasteiger partial charge in [-0.25, -0.2) is 0 Å². The molecule has 0 fully saturated rings. The van der Waals surface area contributed by atoms with Crippen LogP contribution in [0.2, 0.25) is 0 Å². The number of rotatable bonds is 2. The minimum atomic E-state index is 0.252. The molecule has 0 heterocycles. The number of para-hydroxylation sites is 1. The molecule has 0 aromatic heterocycles. The van der Waals surface area contributed by atoms with Gasteiger partial charge in [0.25, 0.3) is 0 Å². The monoisotopic (exact) mass is 226 g/mol. The van der Waals surface area contributed by atoms with Gasteiger partial charge in [0.2, 0.25) is 0 Å². The van der Waals surface area contributed by atoms with Crippen molar-refractivity contribution >= 4 is 11.6 Å². The van der Waals surface area contributed by atoms with Crippen molar-refractivity contribution in [2.75, 3.05) is 0 Å². The summed E-state index contributed by atoms with van der Waals surface area (Å²) in [6, 6.07) is 14.2. The number of aromatic hydroxyl groups is 2. The lowest BCUT2D eigenvalue weighted by atomic mass is 10.0. The molecule has 0 saturated heterocycles. The molecular weight excluding hydrogens is 212 g/mol. The molecule has 0 aliphatic rings. The summed E-state index contributed by atoms with van der Waals surface area (Å²) in [5.74, 6) is 0.530. The van der Waals surface area contributed by atoms with E-state index in [1.807, 2.05) is 37.3 Å². The van der Waals surface area contributed by atoms with E-state index in [-0.39, 0.29) is 11.5 Å². The summed E-state index contributed by atoms with van der Waals surface area (Å²) in [5, 5.41) is 18.9. The zero-order chi connectivity index (χ0) is 12.3. The fraction of sp³-hybridized carbons (Fsp3) is 0.0667. The van der Waals surface area contributed by atoms with Crippen molar-refractivity contribution in [3.63, 3.8) is 0 Å². The minimum Gasteiger partial charge on any atom is -0.508 e. The second-order valence-corrected chi connectivity index (χ2v) is 3.94. The highest BCUT2D eigenvalue weighted by molar-refractivity contribution is 5.82. The van der Waals surface area contributed by atoms with Gasteiger partial charge in [-0.3, -0.25) is 0 Å². The molecule has 2 heteroatoms. The van der Waals surface area contributed by atoms with Crippen molar-refractivity contribution in [3.8, 4) is 11.5 Å². The second kappa shape index (κ2) is 4.74. The third kappa shape index (κ3) is 2.67. The van der Waals surface area contributed by atoms with Gasteiger partial charge in [0, 0.05) is 5.56 Å². The first-order valence-corrected chi connectivity index (χ1v) is 5.42. The summed E-state index contributed by atoms with van der Waals surface area (Å²) in [5.41, 5.74) is 2.79. The Kier molecular flexibility index (Phi) is 3.15. The van der Waals surface area contributed by atoms with Gasteiger partial charge < -0.3 is 10.2 Å². The highest BCUT2D eigenvalue weighted by Gasteiger charge is 2.01. The lowest BCUT2D eigenvalue weighted by molar-refractivity contribution is 0.473. The molecule has 0 radical (unpaired) electrons. The highest BCUT2D eigenvalue weighted by Crippen LogP contribution is 2.26. The predicted molar refractivity (Wildman–Crippen MR) is 69.8 cm³/mol. The van der Waals surface area contributed by atoms with Crippen LogP contribution in [0.4, 0.5) is 0 Å². The van der Waals surface area contributed by atoms with Crippen LogP contribution >= 0.6 is 0 Å². The van der Waals surface area contributed by atoms with E-state index in [9.17, 15) is 10.2 Å². The first kappa shape index (κ1) is 11.3. The average molecular weight is 226 g/mol. The number of hydrogen-bond donors (Lipinski definition) is 2. The Morgan fingerprint density at radius 1 is 0.941 bits per heavy atom. The fourth-order valence-electron chi connectivity index (χ4n) is 1.71. The molecule has 2 N–H and O–H groups in total. The molecular formula is C15H14O2. The zero-order valence-corrected chi connectivity index (χ0v) is 9.59. The van der Waals surface area contributed by atoms with Gasteiger partial charge in [-0.1, -0.05) is 36.4 Å². The molecule has 17 heavy (non-hydrogen) atoms. The Morgan fingerprint density at radius 3 is 2.24 bits per heavy atom. The molecule has 86 valence electrons. The van der Waals surface area contributed by atoms with E-state index in [1.54, 1.807) is 24.3 Å². The first-order valence-electron chi connectivity index (χ1n) is 5.42. The van der Waals surface area contributed by atoms with E-state index in [4.69, 9.17) is 0 Å². The van der Waals surface area contributed by atoms with Crippen LogP contribution in [0.3, 0.4) is 0 Å². The van der Waals surface area contributed by atoms with E-state index in [0.717, 1.165) is 16.7 Å². The van der Waals surface area contributed by atoms with Crippen molar-refractivity contribution in [1.82, 2.24) is 0 Å². The van der Waals surface area contributed by atoms with Crippen molar-refractivity contribution in [1.29, 1.82) is 0 Å². The Balaban J connectivity index is 2.34. The largest absolute Gasteiger partial charge is 0.508 e. The lowest BCUT2D eigenvalue weighted by Crippen LogP contribution is -1.81. The van der Waals surface area contributed by atoms with Crippen LogP contribution in [0, 0.1) is 0 Å². The average Bonchev–Trinajstić information content (AvgIpc) is 2.32. The molecule has 2 aromatic carbocycles. The van der Waals surface area contributed by atoms with Gasteiger partial charge >= 0.3 is 0 Å². The molecule has 0 saturated carbocycles. The fourth-order valence-corrected chi connectivity index (χ4v) is 1.71. The highest BCUT2D eigenvalue weighted by atomic mass is 16.3. The predicted octanol–water partition coefficient (Wildman–Crippen LogP) is 3.66. The van der Waals surface area contributed by atoms with E-state index in [1.165, 1.54) is 0 Å². The van der Waals surface area contributed by atoms with Gasteiger partial charge in [0.05, 0.1) is 0 Å². The third-order valence-corrected chi connectivity index (χ3v) is 2.61. The first-order chi connectivity index (χ1) is 8.16. The van der Waals surface area contributed by atoms with E-state index in [2.05, 4.69) is 0 Å². The van der Waals surface area contributed by atoms with Crippen LogP contribution in [0.15, 0.2) is 48.5 Å². The van der Waals surface area contributed by atoms with Gasteiger partial charge in [-0.15, -0.1) is 0 Å². The van der Waals surface area contributed by atoms with Crippen molar-refractivity contribution in [3.05, 3.63) is 59.7 Å². The summed E-state index contributed by atoms with van der Waals surface area (Å²) >= 11 is 0. The smallest absolute Gasteiger partial charge is 0.123 e. The van der Waals surface area contributed by atoms with Gasteiger partial charge in [-0.05, 0) is 36.3 Å². The SMILES string of the molecule is C/C(=C\c1ccc(O)cc1)c1ccccc1O. The third-order valence-electron chi connectivity index (χ3n) is 2.61. The lowest BCUT2D eigenvalue weighted by Gasteiger charge is -2.04. The number of phenolic OH excluding ortho intramolecular Hbond substituents is 2. The van der Waals surface area contributed by atoms with Crippen LogP contribution in [0.1, 0.15) is 18.1 Å². The molecule has 0 aliphatic carbocycles. The summed E-state index contributed by atoms with van der Waals surface area (Å²) in [4.78, 5) is 0. The number of hydrogen-bond acceptors (Lipinski definition) is 2. The van der Waals surface area contributed by atoms with Crippen molar-refractivity contribution < 1.29 is 10.2 Å². The normalized spacial score (nSPS) is 11.5. The summed E-state index contributed by atoms with van der Waals surface area (Å²) in [6.45, 7) is 1.95. The molecule has 0 unspecified atom stereocenters. The van der Waals surface area contributed by atoms with Crippen LogP contribution in [0.5, 0.6) is 11.5 Å². The summed E-state index contributed by atoms with van der Waals surface area (Å²) in [7, 11) is 0. The standard InChI is InChI=1S/C15H14O2/c1-11(14-4-2-3-5-15(14)17)10-12-6-8-13(16)9-7-12/h2-10,16-17H,1H3/b11-10+. The quantitative estimate of drug-likeness (QED) is 0.767. The Morgan fingerprint density at radius 2 is 1.59 bits per heavy atom. The number of benzene rings is 2. The molecule has 0 bridgehead atoms. The van der Waals surface area contributed by atoms with E-state index < -0.39 is 0 Å².